The van der Waals surface area contributed by atoms with Crippen molar-refractivity contribution in [3.63, 3.8) is 0 Å². The fourth-order valence-corrected chi connectivity index (χ4v) is 2.23. The molecule has 3 N–H and O–H groups in total. The van der Waals surface area contributed by atoms with Gasteiger partial charge in [-0.1, -0.05) is 0 Å². The number of nitrogen functional groups attached to an aromatic ring is 1. The maximum atomic E-state index is 12.6. The highest BCUT2D eigenvalue weighted by molar-refractivity contribution is 7.99. The minimum absolute atomic E-state index is 0.00195. The number of hydrogen-bond donors (Lipinski definition) is 2. The fourth-order valence-electron chi connectivity index (χ4n) is 1.19. The lowest BCUT2D eigenvalue weighted by molar-refractivity contribution is -0.141. The minimum atomic E-state index is -4.65. The van der Waals surface area contributed by atoms with Gasteiger partial charge in [0.2, 0.25) is 5.28 Å². The van der Waals surface area contributed by atoms with Gasteiger partial charge in [0, 0.05) is 12.1 Å². The van der Waals surface area contributed by atoms with Gasteiger partial charge in [-0.25, -0.2) is 15.0 Å². The molecule has 0 saturated carbocycles. The Hall–Kier alpha value is -1.81. The summed E-state index contributed by atoms with van der Waals surface area (Å²) in [4.78, 5) is 23.9. The second-order valence-corrected chi connectivity index (χ2v) is 4.78. The lowest BCUT2D eigenvalue weighted by atomic mass is 10.4. The molecule has 2 rings (SSSR count). The molecule has 106 valence electrons. The molecule has 2 aromatic rings. The molecule has 0 aliphatic heterocycles. The Bertz CT molecular complexity index is 705. The first-order valence-electron chi connectivity index (χ1n) is 4.90. The molecule has 0 saturated heterocycles. The predicted molar refractivity (Wildman–Crippen MR) is 65.4 cm³/mol. The highest BCUT2D eigenvalue weighted by Crippen LogP contribution is 2.32. The SMILES string of the molecule is Nc1cc(=O)[nH]c(Sc2cc(C(F)(F)F)nc(Cl)n2)n1. The normalized spacial score (nSPS) is 11.6. The Labute approximate surface area is 118 Å². The van der Waals surface area contributed by atoms with E-state index in [2.05, 4.69) is 19.9 Å². The molecule has 2 aromatic heterocycles. The molecule has 0 bridgehead atoms. The Kier molecular flexibility index (Phi) is 3.86. The number of nitrogens with two attached hydrogens (primary N) is 1. The van der Waals surface area contributed by atoms with E-state index < -0.39 is 22.7 Å². The van der Waals surface area contributed by atoms with Crippen LogP contribution in [0.25, 0.3) is 0 Å². The summed E-state index contributed by atoms with van der Waals surface area (Å²) in [6.07, 6.45) is -4.65. The van der Waals surface area contributed by atoms with Crippen LogP contribution in [0.2, 0.25) is 5.28 Å². The molecule has 11 heteroatoms. The second-order valence-electron chi connectivity index (χ2n) is 3.44. The van der Waals surface area contributed by atoms with Crippen LogP contribution >= 0.6 is 23.4 Å². The predicted octanol–water partition coefficient (Wildman–Crippen LogP) is 1.97. The molecular weight excluding hydrogens is 319 g/mol. The molecule has 0 fully saturated rings. The van der Waals surface area contributed by atoms with Gasteiger partial charge >= 0.3 is 6.18 Å². The molecular formula is C9H5ClF3N5OS. The highest BCUT2D eigenvalue weighted by Gasteiger charge is 2.33. The number of halogens is 4. The van der Waals surface area contributed by atoms with Gasteiger partial charge < -0.3 is 10.7 Å². The maximum Gasteiger partial charge on any atom is 0.433 e. The Morgan fingerprint density at radius 1 is 1.25 bits per heavy atom. The van der Waals surface area contributed by atoms with Crippen LogP contribution < -0.4 is 11.3 Å². The van der Waals surface area contributed by atoms with Gasteiger partial charge in [0.25, 0.3) is 5.56 Å². The molecule has 6 nitrogen and oxygen atoms in total. The van der Waals surface area contributed by atoms with Gasteiger partial charge in [-0.2, -0.15) is 13.2 Å². The number of rotatable bonds is 2. The van der Waals surface area contributed by atoms with Crippen molar-refractivity contribution in [3.05, 3.63) is 33.5 Å². The number of aromatic nitrogens is 4. The van der Waals surface area contributed by atoms with E-state index in [1.165, 1.54) is 0 Å². The van der Waals surface area contributed by atoms with E-state index in [0.717, 1.165) is 6.07 Å². The third-order valence-electron chi connectivity index (χ3n) is 1.91. The quantitative estimate of drug-likeness (QED) is 0.647. The van der Waals surface area contributed by atoms with Gasteiger partial charge in [-0.15, -0.1) is 0 Å². The number of hydrogen-bond acceptors (Lipinski definition) is 6. The van der Waals surface area contributed by atoms with Crippen LogP contribution in [-0.2, 0) is 6.18 Å². The van der Waals surface area contributed by atoms with Crippen molar-refractivity contribution in [2.75, 3.05) is 5.73 Å². The van der Waals surface area contributed by atoms with Gasteiger partial charge in [-0.05, 0) is 23.4 Å². The van der Waals surface area contributed by atoms with Crippen molar-refractivity contribution in [2.24, 2.45) is 0 Å². The first kappa shape index (κ1) is 14.6. The summed E-state index contributed by atoms with van der Waals surface area (Å²) in [5.41, 5.74) is 3.64. The first-order valence-corrected chi connectivity index (χ1v) is 6.10. The van der Waals surface area contributed by atoms with Gasteiger partial charge in [0.1, 0.15) is 10.8 Å². The van der Waals surface area contributed by atoms with E-state index in [-0.39, 0.29) is 16.0 Å². The number of alkyl halides is 3. The van der Waals surface area contributed by atoms with Crippen LogP contribution in [0.1, 0.15) is 5.69 Å². The number of aromatic amines is 1. The number of nitrogens with zero attached hydrogens (tertiary/aromatic N) is 3. The molecule has 0 atom stereocenters. The van der Waals surface area contributed by atoms with E-state index in [4.69, 9.17) is 17.3 Å². The zero-order valence-electron chi connectivity index (χ0n) is 9.40. The standard InChI is InChI=1S/C9H5ClF3N5OS/c10-7-15-3(9(11,12)13)1-6(18-7)20-8-16-4(14)2-5(19)17-8/h1-2H,(H3,14,16,17,19). The van der Waals surface area contributed by atoms with Crippen LogP contribution in [-0.4, -0.2) is 19.9 Å². The van der Waals surface area contributed by atoms with Crippen molar-refractivity contribution in [1.29, 1.82) is 0 Å². The third kappa shape index (κ3) is 3.61. The van der Waals surface area contributed by atoms with Crippen LogP contribution in [0.15, 0.2) is 27.1 Å². The maximum absolute atomic E-state index is 12.6. The van der Waals surface area contributed by atoms with Gasteiger partial charge in [-0.3, -0.25) is 4.79 Å². The van der Waals surface area contributed by atoms with Crippen LogP contribution in [0.4, 0.5) is 19.0 Å². The highest BCUT2D eigenvalue weighted by atomic mass is 35.5. The Morgan fingerprint density at radius 3 is 2.55 bits per heavy atom. The summed E-state index contributed by atoms with van der Waals surface area (Å²) < 4.78 is 37.7. The molecule has 2 heterocycles. The van der Waals surface area contributed by atoms with E-state index in [0.29, 0.717) is 17.8 Å². The summed E-state index contributed by atoms with van der Waals surface area (Å²) in [5.74, 6) is -0.0625. The van der Waals surface area contributed by atoms with Crippen LogP contribution in [0, 0.1) is 0 Å². The number of H-pyrrole nitrogens is 1. The molecule has 0 aliphatic rings. The van der Waals surface area contributed by atoms with Gasteiger partial charge in [0.15, 0.2) is 10.9 Å². The van der Waals surface area contributed by atoms with Crippen molar-refractivity contribution >= 4 is 29.2 Å². The van der Waals surface area contributed by atoms with E-state index in [1.54, 1.807) is 0 Å². The molecule has 0 spiro atoms. The van der Waals surface area contributed by atoms with E-state index >= 15 is 0 Å². The fraction of sp³-hybridized carbons (Fsp3) is 0.111. The zero-order chi connectivity index (χ0) is 14.9. The summed E-state index contributed by atoms with van der Waals surface area (Å²) in [7, 11) is 0. The third-order valence-corrected chi connectivity index (χ3v) is 2.88. The zero-order valence-corrected chi connectivity index (χ0v) is 11.0. The van der Waals surface area contributed by atoms with E-state index in [1.807, 2.05) is 0 Å². The van der Waals surface area contributed by atoms with Crippen LogP contribution in [0.5, 0.6) is 0 Å². The summed E-state index contributed by atoms with van der Waals surface area (Å²) in [5, 5.41) is -0.683. The average Bonchev–Trinajstić information content (AvgIpc) is 2.25. The number of anilines is 1. The summed E-state index contributed by atoms with van der Waals surface area (Å²) >= 11 is 6.11. The van der Waals surface area contributed by atoms with Crippen molar-refractivity contribution < 1.29 is 13.2 Å². The first-order chi connectivity index (χ1) is 9.24. The van der Waals surface area contributed by atoms with Crippen molar-refractivity contribution in [3.8, 4) is 0 Å². The van der Waals surface area contributed by atoms with Crippen molar-refractivity contribution in [1.82, 2.24) is 19.9 Å². The summed E-state index contributed by atoms with van der Waals surface area (Å²) in [6.45, 7) is 0. The van der Waals surface area contributed by atoms with Crippen LogP contribution in [0.3, 0.4) is 0 Å². The molecule has 0 radical (unpaired) electrons. The topological polar surface area (TPSA) is 97.6 Å². The lowest BCUT2D eigenvalue weighted by Crippen LogP contribution is -2.10. The van der Waals surface area contributed by atoms with E-state index in [9.17, 15) is 18.0 Å². The Morgan fingerprint density at radius 2 is 1.95 bits per heavy atom. The van der Waals surface area contributed by atoms with Gasteiger partial charge in [0.05, 0.1) is 0 Å². The summed E-state index contributed by atoms with van der Waals surface area (Å²) in [6, 6.07) is 1.73. The Balaban J connectivity index is 2.38. The minimum Gasteiger partial charge on any atom is -0.383 e. The second kappa shape index (κ2) is 5.29. The molecule has 0 aliphatic carbocycles. The molecule has 0 unspecified atom stereocenters. The average molecular weight is 324 g/mol. The molecule has 0 aromatic carbocycles. The lowest BCUT2D eigenvalue weighted by Gasteiger charge is -2.07. The van der Waals surface area contributed by atoms with Crippen molar-refractivity contribution in [2.45, 2.75) is 16.4 Å². The largest absolute Gasteiger partial charge is 0.433 e. The molecule has 20 heavy (non-hydrogen) atoms. The number of nitrogens with one attached hydrogen (secondary N) is 1. The molecule has 0 amide bonds. The monoisotopic (exact) mass is 323 g/mol. The smallest absolute Gasteiger partial charge is 0.383 e.